The van der Waals surface area contributed by atoms with Crippen molar-refractivity contribution in [3.8, 4) is 0 Å². The summed E-state index contributed by atoms with van der Waals surface area (Å²) in [5.74, 6) is 0. The van der Waals surface area contributed by atoms with Crippen LogP contribution in [0.15, 0.2) is 24.3 Å². The highest BCUT2D eigenvalue weighted by molar-refractivity contribution is 5.22. The minimum Gasteiger partial charge on any atom is -0.326 e. The number of nitrogens with one attached hydrogen (secondary N) is 1. The van der Waals surface area contributed by atoms with Crippen LogP contribution in [0.4, 0.5) is 0 Å². The van der Waals surface area contributed by atoms with Crippen molar-refractivity contribution in [2.75, 3.05) is 26.2 Å². The first-order chi connectivity index (χ1) is 8.88. The fourth-order valence-electron chi connectivity index (χ4n) is 2.46. The fourth-order valence-corrected chi connectivity index (χ4v) is 2.46. The van der Waals surface area contributed by atoms with Crippen LogP contribution in [-0.2, 0) is 13.1 Å². The van der Waals surface area contributed by atoms with Gasteiger partial charge in [-0.15, -0.1) is 0 Å². The monoisotopic (exact) mass is 247 g/mol. The largest absolute Gasteiger partial charge is 0.326 e. The summed E-state index contributed by atoms with van der Waals surface area (Å²) in [5, 5.41) is 3.51. The Labute approximate surface area is 110 Å². The third-order valence-electron chi connectivity index (χ3n) is 3.61. The zero-order chi connectivity index (χ0) is 12.6. The minimum atomic E-state index is 0.629. The predicted molar refractivity (Wildman–Crippen MR) is 76.3 cm³/mol. The Morgan fingerprint density at radius 1 is 1.06 bits per heavy atom. The fraction of sp³-hybridized carbons (Fsp3) is 0.600. The van der Waals surface area contributed by atoms with E-state index in [0.717, 1.165) is 13.1 Å². The van der Waals surface area contributed by atoms with Gasteiger partial charge in [0, 0.05) is 13.1 Å². The van der Waals surface area contributed by atoms with E-state index in [0.29, 0.717) is 6.54 Å². The number of rotatable bonds is 7. The van der Waals surface area contributed by atoms with Gasteiger partial charge in [-0.25, -0.2) is 0 Å². The van der Waals surface area contributed by atoms with Gasteiger partial charge >= 0.3 is 0 Å². The Bertz CT molecular complexity index is 328. The van der Waals surface area contributed by atoms with E-state index in [4.69, 9.17) is 5.73 Å². The quantitative estimate of drug-likeness (QED) is 0.721. The summed E-state index contributed by atoms with van der Waals surface area (Å²) in [6, 6.07) is 8.55. The molecule has 1 saturated heterocycles. The maximum Gasteiger partial charge on any atom is 0.0205 e. The average Bonchev–Trinajstić information content (AvgIpc) is 2.92. The summed E-state index contributed by atoms with van der Waals surface area (Å²) in [5.41, 5.74) is 8.12. The molecule has 0 unspecified atom stereocenters. The Morgan fingerprint density at radius 2 is 1.72 bits per heavy atom. The topological polar surface area (TPSA) is 41.3 Å². The molecule has 0 spiro atoms. The van der Waals surface area contributed by atoms with Crippen LogP contribution in [0.2, 0.25) is 0 Å². The third-order valence-corrected chi connectivity index (χ3v) is 3.61. The van der Waals surface area contributed by atoms with Crippen molar-refractivity contribution in [2.45, 2.75) is 32.4 Å². The van der Waals surface area contributed by atoms with Crippen molar-refractivity contribution >= 4 is 0 Å². The number of nitrogens with two attached hydrogens (primary N) is 1. The number of likely N-dealkylation sites (tertiary alicyclic amines) is 1. The molecule has 3 heteroatoms. The number of hydrogen-bond acceptors (Lipinski definition) is 3. The Kier molecular flexibility index (Phi) is 5.65. The molecule has 1 aliphatic heterocycles. The first-order valence-electron chi connectivity index (χ1n) is 7.09. The molecule has 1 aromatic carbocycles. The van der Waals surface area contributed by atoms with Gasteiger partial charge < -0.3 is 16.0 Å². The van der Waals surface area contributed by atoms with E-state index in [1.807, 2.05) is 0 Å². The van der Waals surface area contributed by atoms with E-state index < -0.39 is 0 Å². The summed E-state index contributed by atoms with van der Waals surface area (Å²) in [4.78, 5) is 2.57. The molecule has 3 N–H and O–H groups in total. The molecule has 0 saturated carbocycles. The van der Waals surface area contributed by atoms with Crippen LogP contribution in [0, 0.1) is 0 Å². The summed E-state index contributed by atoms with van der Waals surface area (Å²) < 4.78 is 0. The van der Waals surface area contributed by atoms with Crippen molar-refractivity contribution in [1.29, 1.82) is 0 Å². The van der Waals surface area contributed by atoms with Crippen LogP contribution in [0.1, 0.15) is 30.4 Å². The van der Waals surface area contributed by atoms with Gasteiger partial charge in [0.2, 0.25) is 0 Å². The van der Waals surface area contributed by atoms with Gasteiger partial charge in [-0.05, 0) is 56.6 Å². The molecule has 1 aliphatic rings. The van der Waals surface area contributed by atoms with Gasteiger partial charge in [0.05, 0.1) is 0 Å². The number of hydrogen-bond donors (Lipinski definition) is 2. The van der Waals surface area contributed by atoms with Gasteiger partial charge in [0.25, 0.3) is 0 Å². The SMILES string of the molecule is NCc1ccc(CNCCCN2CCCC2)cc1. The normalized spacial score (nSPS) is 16.3. The molecule has 0 radical (unpaired) electrons. The summed E-state index contributed by atoms with van der Waals surface area (Å²) >= 11 is 0. The van der Waals surface area contributed by atoms with Gasteiger partial charge in [0.15, 0.2) is 0 Å². The molecule has 1 aromatic rings. The van der Waals surface area contributed by atoms with Crippen LogP contribution in [0.25, 0.3) is 0 Å². The smallest absolute Gasteiger partial charge is 0.0205 e. The van der Waals surface area contributed by atoms with Crippen molar-refractivity contribution in [2.24, 2.45) is 5.73 Å². The number of benzene rings is 1. The van der Waals surface area contributed by atoms with Crippen LogP contribution in [0.5, 0.6) is 0 Å². The van der Waals surface area contributed by atoms with Crippen LogP contribution < -0.4 is 11.1 Å². The molecule has 100 valence electrons. The van der Waals surface area contributed by atoms with Gasteiger partial charge in [-0.2, -0.15) is 0 Å². The standard InChI is InChI=1S/C15H25N3/c16-12-14-4-6-15(7-5-14)13-17-8-3-11-18-9-1-2-10-18/h4-7,17H,1-3,8-13,16H2. The second-order valence-electron chi connectivity index (χ2n) is 5.10. The first-order valence-corrected chi connectivity index (χ1v) is 7.09. The maximum absolute atomic E-state index is 5.58. The number of nitrogens with zero attached hydrogens (tertiary/aromatic N) is 1. The molecular weight excluding hydrogens is 222 g/mol. The maximum atomic E-state index is 5.58. The van der Waals surface area contributed by atoms with E-state index >= 15 is 0 Å². The van der Waals surface area contributed by atoms with Crippen LogP contribution in [-0.4, -0.2) is 31.1 Å². The molecule has 0 bridgehead atoms. The molecular formula is C15H25N3. The summed E-state index contributed by atoms with van der Waals surface area (Å²) in [6.07, 6.45) is 4.03. The van der Waals surface area contributed by atoms with E-state index in [2.05, 4.69) is 34.5 Å². The highest BCUT2D eigenvalue weighted by Gasteiger charge is 2.09. The molecule has 1 heterocycles. The van der Waals surface area contributed by atoms with E-state index in [1.54, 1.807) is 0 Å². The van der Waals surface area contributed by atoms with Gasteiger partial charge in [-0.3, -0.25) is 0 Å². The third kappa shape index (κ3) is 4.41. The lowest BCUT2D eigenvalue weighted by Crippen LogP contribution is -2.24. The Morgan fingerprint density at radius 3 is 2.39 bits per heavy atom. The van der Waals surface area contributed by atoms with Gasteiger partial charge in [-0.1, -0.05) is 24.3 Å². The summed E-state index contributed by atoms with van der Waals surface area (Å²) in [7, 11) is 0. The first kappa shape index (κ1) is 13.5. The molecule has 2 rings (SSSR count). The average molecular weight is 247 g/mol. The molecule has 0 amide bonds. The van der Waals surface area contributed by atoms with Crippen molar-refractivity contribution in [3.05, 3.63) is 35.4 Å². The van der Waals surface area contributed by atoms with Crippen molar-refractivity contribution in [3.63, 3.8) is 0 Å². The highest BCUT2D eigenvalue weighted by Crippen LogP contribution is 2.07. The second kappa shape index (κ2) is 7.52. The van der Waals surface area contributed by atoms with E-state index in [9.17, 15) is 0 Å². The molecule has 0 atom stereocenters. The zero-order valence-corrected chi connectivity index (χ0v) is 11.2. The van der Waals surface area contributed by atoms with E-state index in [-0.39, 0.29) is 0 Å². The minimum absolute atomic E-state index is 0.629. The zero-order valence-electron chi connectivity index (χ0n) is 11.2. The Balaban J connectivity index is 1.56. The lowest BCUT2D eigenvalue weighted by atomic mass is 10.1. The van der Waals surface area contributed by atoms with Crippen LogP contribution in [0.3, 0.4) is 0 Å². The molecule has 18 heavy (non-hydrogen) atoms. The lowest BCUT2D eigenvalue weighted by molar-refractivity contribution is 0.331. The van der Waals surface area contributed by atoms with E-state index in [1.165, 1.54) is 50.0 Å². The molecule has 1 fully saturated rings. The second-order valence-corrected chi connectivity index (χ2v) is 5.10. The van der Waals surface area contributed by atoms with Crippen molar-refractivity contribution in [1.82, 2.24) is 10.2 Å². The molecule has 3 nitrogen and oxygen atoms in total. The lowest BCUT2D eigenvalue weighted by Gasteiger charge is -2.14. The van der Waals surface area contributed by atoms with Gasteiger partial charge in [0.1, 0.15) is 0 Å². The molecule has 0 aromatic heterocycles. The predicted octanol–water partition coefficient (Wildman–Crippen LogP) is 1.72. The van der Waals surface area contributed by atoms with Crippen molar-refractivity contribution < 1.29 is 0 Å². The highest BCUT2D eigenvalue weighted by atomic mass is 15.1. The Hall–Kier alpha value is -0.900. The molecule has 0 aliphatic carbocycles. The van der Waals surface area contributed by atoms with Crippen LogP contribution >= 0.6 is 0 Å². The summed E-state index contributed by atoms with van der Waals surface area (Å²) in [6.45, 7) is 6.56.